The third-order valence-corrected chi connectivity index (χ3v) is 20.7. The molecule has 6 fully saturated rings. The van der Waals surface area contributed by atoms with Crippen LogP contribution < -0.4 is 0 Å². The van der Waals surface area contributed by atoms with Crippen LogP contribution in [-0.4, -0.2) is 34.1 Å². The van der Waals surface area contributed by atoms with Gasteiger partial charge in [0.25, 0.3) is 0 Å². The SMILES string of the molecule is CC1(C)[C@H]2CC[C@@H](C[Te][Te]C[C@@H]3CC[C@H]4C[C@H]3C4(C)C)[C@H]1C2. The Bertz CT molecular complexity index is 383. The predicted molar refractivity (Wildman–Crippen MR) is 97.3 cm³/mol. The zero-order valence-corrected chi connectivity index (χ0v) is 19.6. The molecule has 6 saturated carbocycles. The van der Waals surface area contributed by atoms with Crippen molar-refractivity contribution in [3.8, 4) is 0 Å². The predicted octanol–water partition coefficient (Wildman–Crippen LogP) is 5.29. The average Bonchev–Trinajstić information content (AvgIpc) is 2.51. The van der Waals surface area contributed by atoms with Crippen LogP contribution in [0.15, 0.2) is 0 Å². The second kappa shape index (κ2) is 6.08. The maximum atomic E-state index is 2.58. The van der Waals surface area contributed by atoms with Crippen molar-refractivity contribution < 1.29 is 0 Å². The van der Waals surface area contributed by atoms with Gasteiger partial charge in [0.05, 0.1) is 0 Å². The molecule has 0 N–H and O–H groups in total. The Morgan fingerprint density at radius 1 is 0.682 bits per heavy atom. The molecule has 0 amide bonds. The van der Waals surface area contributed by atoms with Gasteiger partial charge >= 0.3 is 156 Å². The molecule has 6 aliphatic rings. The molecule has 0 spiro atoms. The Morgan fingerprint density at radius 2 is 1.09 bits per heavy atom. The summed E-state index contributed by atoms with van der Waals surface area (Å²) in [5.74, 6) is 6.80. The van der Waals surface area contributed by atoms with Crippen molar-refractivity contribution in [2.24, 2.45) is 46.3 Å². The summed E-state index contributed by atoms with van der Waals surface area (Å²) in [6.07, 6.45) is 9.56. The molecule has 4 bridgehead atoms. The van der Waals surface area contributed by atoms with Crippen LogP contribution in [0.2, 0.25) is 8.94 Å². The molecule has 22 heavy (non-hydrogen) atoms. The van der Waals surface area contributed by atoms with Gasteiger partial charge in [0.2, 0.25) is 0 Å². The van der Waals surface area contributed by atoms with Crippen LogP contribution >= 0.6 is 0 Å². The summed E-state index contributed by atoms with van der Waals surface area (Å²) in [5.41, 5.74) is 1.45. The van der Waals surface area contributed by atoms with Crippen molar-refractivity contribution >= 4 is 34.1 Å². The van der Waals surface area contributed by atoms with Crippen molar-refractivity contribution in [3.05, 3.63) is 0 Å². The van der Waals surface area contributed by atoms with E-state index in [9.17, 15) is 0 Å². The van der Waals surface area contributed by atoms with Crippen LogP contribution in [0.4, 0.5) is 0 Å². The summed E-state index contributed by atoms with van der Waals surface area (Å²) in [6.45, 7) is 10.3. The van der Waals surface area contributed by atoms with Gasteiger partial charge in [0, 0.05) is 0 Å². The summed E-state index contributed by atoms with van der Waals surface area (Å²) in [5, 5.41) is 0. The third-order valence-electron chi connectivity index (χ3n) is 8.65. The zero-order valence-electron chi connectivity index (χ0n) is 14.9. The van der Waals surface area contributed by atoms with E-state index in [4.69, 9.17) is 0 Å². The van der Waals surface area contributed by atoms with Gasteiger partial charge in [-0.15, -0.1) is 0 Å². The summed E-state index contributed by atoms with van der Waals surface area (Å²) in [4.78, 5) is 0. The standard InChI is InChI=1S/C20H34Te2/c1-19(2)15-7-5-13(17(19)9-15)11-21-22-12-14-6-8-16-10-18(14)20(16,3)4/h13-18H,5-12H2,1-4H3/t13-,14-,15-,16-,17+,18+/m0/s1. The van der Waals surface area contributed by atoms with Crippen LogP contribution in [0.5, 0.6) is 0 Å². The fourth-order valence-corrected chi connectivity index (χ4v) is 20.8. The summed E-state index contributed by atoms with van der Waals surface area (Å²) in [7, 11) is 0. The van der Waals surface area contributed by atoms with Gasteiger partial charge in [0.1, 0.15) is 0 Å². The van der Waals surface area contributed by atoms with E-state index in [1.165, 1.54) is 11.8 Å². The topological polar surface area (TPSA) is 0 Å². The van der Waals surface area contributed by atoms with Gasteiger partial charge in [-0.3, -0.25) is 0 Å². The van der Waals surface area contributed by atoms with E-state index >= 15 is 0 Å². The van der Waals surface area contributed by atoms with E-state index in [0.717, 1.165) is 34.5 Å². The Balaban J connectivity index is 1.20. The van der Waals surface area contributed by atoms with Crippen molar-refractivity contribution in [2.75, 3.05) is 0 Å². The maximum absolute atomic E-state index is 2.58. The molecular weight excluding hydrogens is 495 g/mol. The van der Waals surface area contributed by atoms with E-state index in [1.54, 1.807) is 47.5 Å². The molecule has 2 heteroatoms. The Morgan fingerprint density at radius 3 is 1.41 bits per heavy atom. The molecule has 6 atom stereocenters. The van der Waals surface area contributed by atoms with E-state index < -0.39 is 0 Å². The Labute approximate surface area is 154 Å². The molecule has 126 valence electrons. The minimum atomic E-state index is 0.437. The first-order valence-electron chi connectivity index (χ1n) is 9.65. The minimum absolute atomic E-state index is 0.437. The molecule has 0 unspecified atom stereocenters. The molecule has 0 aromatic heterocycles. The monoisotopic (exact) mass is 534 g/mol. The fraction of sp³-hybridized carbons (Fsp3) is 1.00. The van der Waals surface area contributed by atoms with Crippen molar-refractivity contribution in [1.29, 1.82) is 0 Å². The number of fused-ring (bicyclic) bond motifs is 4. The van der Waals surface area contributed by atoms with Crippen LogP contribution in [0, 0.1) is 46.3 Å². The van der Waals surface area contributed by atoms with Gasteiger partial charge < -0.3 is 0 Å². The van der Waals surface area contributed by atoms with Crippen molar-refractivity contribution in [2.45, 2.75) is 75.2 Å². The number of hydrogen-bond donors (Lipinski definition) is 0. The van der Waals surface area contributed by atoms with Crippen LogP contribution in [0.1, 0.15) is 66.2 Å². The first-order valence-corrected chi connectivity index (χ1v) is 20.3. The first-order chi connectivity index (χ1) is 10.4. The van der Waals surface area contributed by atoms with E-state index in [1.807, 2.05) is 0 Å². The molecule has 0 aromatic rings. The normalized spacial score (nSPS) is 47.5. The van der Waals surface area contributed by atoms with Gasteiger partial charge in [-0.25, -0.2) is 0 Å². The molecule has 0 aliphatic heterocycles. The molecule has 0 nitrogen and oxygen atoms in total. The van der Waals surface area contributed by atoms with Crippen molar-refractivity contribution in [3.63, 3.8) is 0 Å². The quantitative estimate of drug-likeness (QED) is 0.335. The van der Waals surface area contributed by atoms with Gasteiger partial charge in [-0.2, -0.15) is 0 Å². The van der Waals surface area contributed by atoms with E-state index in [-0.39, 0.29) is 0 Å². The van der Waals surface area contributed by atoms with Gasteiger partial charge in [-0.1, -0.05) is 0 Å². The van der Waals surface area contributed by atoms with E-state index in [0.29, 0.717) is 34.1 Å². The second-order valence-electron chi connectivity index (χ2n) is 9.96. The molecule has 0 heterocycles. The first kappa shape index (κ1) is 17.0. The second-order valence-corrected chi connectivity index (χ2v) is 22.2. The molecule has 6 aliphatic carbocycles. The van der Waals surface area contributed by atoms with Crippen LogP contribution in [-0.2, 0) is 0 Å². The number of rotatable bonds is 5. The average molecular weight is 530 g/mol. The summed E-state index contributed by atoms with van der Waals surface area (Å²) < 4.78 is 3.47. The molecule has 0 radical (unpaired) electrons. The van der Waals surface area contributed by atoms with Gasteiger partial charge in [0.15, 0.2) is 0 Å². The molecule has 0 saturated heterocycles. The molecule has 6 rings (SSSR count). The Kier molecular flexibility index (Phi) is 4.70. The molecular formula is C20H34Te2. The van der Waals surface area contributed by atoms with Crippen molar-refractivity contribution in [1.82, 2.24) is 0 Å². The molecule has 0 aromatic carbocycles. The number of hydrogen-bond acceptors (Lipinski definition) is 0. The summed E-state index contributed by atoms with van der Waals surface area (Å²) in [6, 6.07) is 0. The summed E-state index contributed by atoms with van der Waals surface area (Å²) >= 11 is 0.874. The fourth-order valence-electron chi connectivity index (χ4n) is 6.60. The van der Waals surface area contributed by atoms with Crippen LogP contribution in [0.25, 0.3) is 0 Å². The zero-order chi connectivity index (χ0) is 15.5. The van der Waals surface area contributed by atoms with Gasteiger partial charge in [-0.05, 0) is 0 Å². The third kappa shape index (κ3) is 2.66. The van der Waals surface area contributed by atoms with Crippen LogP contribution in [0.3, 0.4) is 0 Å². The Hall–Kier alpha value is 1.58. The van der Waals surface area contributed by atoms with E-state index in [2.05, 4.69) is 27.7 Å².